The van der Waals surface area contributed by atoms with E-state index in [4.69, 9.17) is 4.42 Å². The molecule has 0 radical (unpaired) electrons. The van der Waals surface area contributed by atoms with E-state index in [1.165, 1.54) is 0 Å². The molecule has 0 fully saturated rings. The Morgan fingerprint density at radius 3 is 2.94 bits per heavy atom. The zero-order valence-corrected chi connectivity index (χ0v) is 10.2. The number of furan rings is 1. The molecule has 0 saturated heterocycles. The van der Waals surface area contributed by atoms with Crippen molar-refractivity contribution < 1.29 is 4.42 Å². The molecule has 0 aliphatic carbocycles. The lowest BCUT2D eigenvalue weighted by Crippen LogP contribution is -2.15. The van der Waals surface area contributed by atoms with E-state index in [0.29, 0.717) is 0 Å². The van der Waals surface area contributed by atoms with Crippen molar-refractivity contribution in [3.63, 3.8) is 0 Å². The first-order valence-corrected chi connectivity index (χ1v) is 5.88. The normalized spacial score (nSPS) is 10.7. The van der Waals surface area contributed by atoms with Gasteiger partial charge in [-0.2, -0.15) is 0 Å². The van der Waals surface area contributed by atoms with Gasteiger partial charge < -0.3 is 9.73 Å². The maximum Gasteiger partial charge on any atom is 0.162 e. The van der Waals surface area contributed by atoms with Gasteiger partial charge in [0.05, 0.1) is 17.5 Å². The summed E-state index contributed by atoms with van der Waals surface area (Å²) >= 11 is 0. The Balaban J connectivity index is 2.14. The second-order valence-corrected chi connectivity index (χ2v) is 3.94. The smallest absolute Gasteiger partial charge is 0.162 e. The molecule has 2 rings (SSSR count). The second-order valence-electron chi connectivity index (χ2n) is 3.94. The van der Waals surface area contributed by atoms with E-state index in [1.807, 2.05) is 19.1 Å². The largest absolute Gasteiger partial charge is 0.469 e. The summed E-state index contributed by atoms with van der Waals surface area (Å²) < 4.78 is 5.26. The molecule has 17 heavy (non-hydrogen) atoms. The van der Waals surface area contributed by atoms with E-state index in [2.05, 4.69) is 22.2 Å². The van der Waals surface area contributed by atoms with Crippen LogP contribution in [0.1, 0.15) is 24.8 Å². The molecule has 0 aliphatic heterocycles. The molecule has 90 valence electrons. The first-order chi connectivity index (χ1) is 8.31. The summed E-state index contributed by atoms with van der Waals surface area (Å²) in [6.45, 7) is 5.85. The summed E-state index contributed by atoms with van der Waals surface area (Å²) in [6.07, 6.45) is 4.58. The lowest BCUT2D eigenvalue weighted by Gasteiger charge is -2.04. The first-order valence-electron chi connectivity index (χ1n) is 5.88. The first kappa shape index (κ1) is 11.8. The minimum atomic E-state index is 0.729. The van der Waals surface area contributed by atoms with Crippen molar-refractivity contribution in [2.75, 3.05) is 6.54 Å². The fraction of sp³-hybridized carbons (Fsp3) is 0.385. The summed E-state index contributed by atoms with van der Waals surface area (Å²) in [5, 5.41) is 3.32. The number of hydrogen-bond acceptors (Lipinski definition) is 4. The van der Waals surface area contributed by atoms with Crippen LogP contribution in [-0.2, 0) is 6.54 Å². The summed E-state index contributed by atoms with van der Waals surface area (Å²) in [7, 11) is 0. The monoisotopic (exact) mass is 231 g/mol. The fourth-order valence-corrected chi connectivity index (χ4v) is 1.63. The Kier molecular flexibility index (Phi) is 3.88. The average molecular weight is 231 g/mol. The molecule has 0 amide bonds. The summed E-state index contributed by atoms with van der Waals surface area (Å²) in [5.41, 5.74) is 1.96. The van der Waals surface area contributed by atoms with Gasteiger partial charge in [0, 0.05) is 12.7 Å². The molecule has 0 spiro atoms. The quantitative estimate of drug-likeness (QED) is 0.803. The number of aryl methyl sites for hydroxylation is 1. The standard InChI is InChI=1S/C13H17N3O/c1-3-6-14-9-11-4-7-15-13(16-11)12-5-8-17-10(12)2/h4-5,7-8,14H,3,6,9H2,1-2H3. The van der Waals surface area contributed by atoms with E-state index >= 15 is 0 Å². The van der Waals surface area contributed by atoms with Crippen molar-refractivity contribution >= 4 is 0 Å². The molecule has 0 bridgehead atoms. The Bertz CT molecular complexity index is 479. The Morgan fingerprint density at radius 1 is 1.35 bits per heavy atom. The van der Waals surface area contributed by atoms with Gasteiger partial charge in [0.1, 0.15) is 5.76 Å². The maximum atomic E-state index is 5.26. The maximum absolute atomic E-state index is 5.26. The van der Waals surface area contributed by atoms with Gasteiger partial charge in [0.25, 0.3) is 0 Å². The van der Waals surface area contributed by atoms with Crippen LogP contribution in [0.3, 0.4) is 0 Å². The predicted molar refractivity (Wildman–Crippen MR) is 66.5 cm³/mol. The minimum absolute atomic E-state index is 0.729. The van der Waals surface area contributed by atoms with E-state index in [-0.39, 0.29) is 0 Å². The van der Waals surface area contributed by atoms with Crippen LogP contribution < -0.4 is 5.32 Å². The van der Waals surface area contributed by atoms with Gasteiger partial charge in [0.2, 0.25) is 0 Å². The number of aromatic nitrogens is 2. The van der Waals surface area contributed by atoms with Gasteiger partial charge in [-0.1, -0.05) is 6.92 Å². The fourth-order valence-electron chi connectivity index (χ4n) is 1.63. The van der Waals surface area contributed by atoms with Gasteiger partial charge in [-0.3, -0.25) is 0 Å². The topological polar surface area (TPSA) is 51.0 Å². The molecular formula is C13H17N3O. The SMILES string of the molecule is CCCNCc1ccnc(-c2ccoc2C)n1. The Morgan fingerprint density at radius 2 is 2.24 bits per heavy atom. The molecular weight excluding hydrogens is 214 g/mol. The van der Waals surface area contributed by atoms with E-state index < -0.39 is 0 Å². The Labute approximate surface area is 101 Å². The van der Waals surface area contributed by atoms with Crippen LogP contribution in [0.4, 0.5) is 0 Å². The molecule has 0 unspecified atom stereocenters. The third-order valence-electron chi connectivity index (χ3n) is 2.55. The zero-order valence-electron chi connectivity index (χ0n) is 10.2. The van der Waals surface area contributed by atoms with E-state index in [1.54, 1.807) is 12.5 Å². The van der Waals surface area contributed by atoms with E-state index in [9.17, 15) is 0 Å². The molecule has 0 aromatic carbocycles. The average Bonchev–Trinajstić information content (AvgIpc) is 2.76. The molecule has 1 N–H and O–H groups in total. The molecule has 0 aliphatic rings. The van der Waals surface area contributed by atoms with Crippen molar-refractivity contribution in [2.45, 2.75) is 26.8 Å². The summed E-state index contributed by atoms with van der Waals surface area (Å²) in [4.78, 5) is 8.79. The lowest BCUT2D eigenvalue weighted by atomic mass is 10.2. The van der Waals surface area contributed by atoms with Crippen molar-refractivity contribution in [1.82, 2.24) is 15.3 Å². The number of rotatable bonds is 5. The van der Waals surface area contributed by atoms with Crippen molar-refractivity contribution in [1.29, 1.82) is 0 Å². The van der Waals surface area contributed by atoms with Gasteiger partial charge in [-0.15, -0.1) is 0 Å². The van der Waals surface area contributed by atoms with Crippen molar-refractivity contribution in [2.24, 2.45) is 0 Å². The van der Waals surface area contributed by atoms with E-state index in [0.717, 1.165) is 42.4 Å². The van der Waals surface area contributed by atoms with Crippen LogP contribution >= 0.6 is 0 Å². The molecule has 4 heteroatoms. The lowest BCUT2D eigenvalue weighted by molar-refractivity contribution is 0.535. The van der Waals surface area contributed by atoms with Gasteiger partial charge in [0.15, 0.2) is 5.82 Å². The summed E-state index contributed by atoms with van der Waals surface area (Å²) in [5.74, 6) is 1.58. The molecule has 2 aromatic rings. The molecule has 0 saturated carbocycles. The van der Waals surface area contributed by atoms with Crippen LogP contribution in [0.2, 0.25) is 0 Å². The van der Waals surface area contributed by atoms with Gasteiger partial charge >= 0.3 is 0 Å². The highest BCUT2D eigenvalue weighted by molar-refractivity contribution is 5.56. The van der Waals surface area contributed by atoms with Crippen LogP contribution in [0, 0.1) is 6.92 Å². The number of hydrogen-bond donors (Lipinski definition) is 1. The van der Waals surface area contributed by atoms with Gasteiger partial charge in [-0.25, -0.2) is 9.97 Å². The minimum Gasteiger partial charge on any atom is -0.469 e. The zero-order chi connectivity index (χ0) is 12.1. The summed E-state index contributed by atoms with van der Waals surface area (Å²) in [6, 6.07) is 3.83. The van der Waals surface area contributed by atoms with Crippen molar-refractivity contribution in [3.05, 3.63) is 36.0 Å². The predicted octanol–water partition coefficient (Wildman–Crippen LogP) is 2.54. The molecule has 2 aromatic heterocycles. The third kappa shape index (κ3) is 2.91. The number of nitrogens with one attached hydrogen (secondary N) is 1. The second kappa shape index (κ2) is 5.59. The van der Waals surface area contributed by atoms with Crippen LogP contribution in [-0.4, -0.2) is 16.5 Å². The van der Waals surface area contributed by atoms with Crippen LogP contribution in [0.5, 0.6) is 0 Å². The molecule has 4 nitrogen and oxygen atoms in total. The highest BCUT2D eigenvalue weighted by atomic mass is 16.3. The number of nitrogens with zero attached hydrogens (tertiary/aromatic N) is 2. The molecule has 2 heterocycles. The molecule has 0 atom stereocenters. The van der Waals surface area contributed by atoms with Gasteiger partial charge in [-0.05, 0) is 32.0 Å². The highest BCUT2D eigenvalue weighted by Gasteiger charge is 2.07. The highest BCUT2D eigenvalue weighted by Crippen LogP contribution is 2.20. The van der Waals surface area contributed by atoms with Crippen LogP contribution in [0.15, 0.2) is 29.0 Å². The third-order valence-corrected chi connectivity index (χ3v) is 2.55. The van der Waals surface area contributed by atoms with Crippen LogP contribution in [0.25, 0.3) is 11.4 Å². The van der Waals surface area contributed by atoms with Crippen molar-refractivity contribution in [3.8, 4) is 11.4 Å². The Hall–Kier alpha value is -1.68.